The summed E-state index contributed by atoms with van der Waals surface area (Å²) in [6, 6.07) is 14.5. The molecule has 8 heteroatoms. The zero-order valence-electron chi connectivity index (χ0n) is 17.5. The van der Waals surface area contributed by atoms with Crippen molar-refractivity contribution < 1.29 is 24.7 Å². The molecule has 1 heterocycles. The van der Waals surface area contributed by atoms with Crippen LogP contribution in [0.3, 0.4) is 0 Å². The smallest absolute Gasteiger partial charge is 0.426 e. The van der Waals surface area contributed by atoms with Gasteiger partial charge in [0.15, 0.2) is 5.78 Å². The van der Waals surface area contributed by atoms with Gasteiger partial charge in [0.25, 0.3) is 0 Å². The van der Waals surface area contributed by atoms with Crippen LogP contribution in [-0.2, 0) is 4.79 Å². The molecule has 1 aromatic carbocycles. The van der Waals surface area contributed by atoms with Gasteiger partial charge in [0.05, 0.1) is 23.7 Å². The summed E-state index contributed by atoms with van der Waals surface area (Å²) in [5.41, 5.74) is 1.71. The molecule has 0 aliphatic heterocycles. The van der Waals surface area contributed by atoms with Crippen LogP contribution in [0.25, 0.3) is 11.3 Å². The lowest BCUT2D eigenvalue weighted by atomic mass is 9.74. The minimum Gasteiger partial charge on any atom is -0.426 e. The number of benzene rings is 1. The number of Topliss-reactive ketones (excluding diaryl/α,β-unsaturated/α-hetero) is 1. The average Bonchev–Trinajstić information content (AvgIpc) is 2.71. The molecule has 3 atom stereocenters. The van der Waals surface area contributed by atoms with Crippen LogP contribution in [0.2, 0.25) is 0 Å². The standard InChI is InChI=1S/C22H29BN2O5/c1-14(2)12-21(23(29)30)25-22(28)17(15(3)26)13-20(27)19-11-7-10-18(24-19)16-8-5-4-6-9-16/h4-11,14-15,17,21,26,29-30H,12-13H2,1-3H3,(H,25,28)/t15-,17-,21-/m0/s1. The molecule has 0 spiro atoms. The summed E-state index contributed by atoms with van der Waals surface area (Å²) in [5.74, 6) is -2.77. The first-order valence-corrected chi connectivity index (χ1v) is 10.1. The lowest BCUT2D eigenvalue weighted by Crippen LogP contribution is -2.50. The Kier molecular flexibility index (Phi) is 8.71. The number of hydrogen-bond donors (Lipinski definition) is 4. The summed E-state index contributed by atoms with van der Waals surface area (Å²) in [4.78, 5) is 29.9. The predicted molar refractivity (Wildman–Crippen MR) is 115 cm³/mol. The molecule has 0 saturated heterocycles. The zero-order chi connectivity index (χ0) is 22.3. The topological polar surface area (TPSA) is 120 Å². The number of carbonyl (C=O) groups is 2. The van der Waals surface area contributed by atoms with Crippen LogP contribution in [0, 0.1) is 11.8 Å². The second-order valence-corrected chi connectivity index (χ2v) is 7.91. The number of nitrogens with zero attached hydrogens (tertiary/aromatic N) is 1. The lowest BCUT2D eigenvalue weighted by molar-refractivity contribution is -0.128. The number of amides is 1. The van der Waals surface area contributed by atoms with Crippen molar-refractivity contribution in [3.05, 3.63) is 54.2 Å². The number of ketones is 1. The van der Waals surface area contributed by atoms with E-state index in [0.717, 1.165) is 5.56 Å². The molecule has 0 aliphatic rings. The Labute approximate surface area is 177 Å². The van der Waals surface area contributed by atoms with Crippen LogP contribution >= 0.6 is 0 Å². The highest BCUT2D eigenvalue weighted by molar-refractivity contribution is 6.43. The van der Waals surface area contributed by atoms with Crippen LogP contribution in [0.5, 0.6) is 0 Å². The van der Waals surface area contributed by atoms with E-state index in [4.69, 9.17) is 0 Å². The number of carbonyl (C=O) groups excluding carboxylic acids is 2. The van der Waals surface area contributed by atoms with Crippen LogP contribution in [0.15, 0.2) is 48.5 Å². The van der Waals surface area contributed by atoms with E-state index in [1.54, 1.807) is 18.2 Å². The molecule has 0 fully saturated rings. The summed E-state index contributed by atoms with van der Waals surface area (Å²) in [6.07, 6.45) is -0.989. The summed E-state index contributed by atoms with van der Waals surface area (Å²) < 4.78 is 0. The Bertz CT molecular complexity index is 842. The molecular formula is C22H29BN2O5. The first-order chi connectivity index (χ1) is 14.2. The van der Waals surface area contributed by atoms with Gasteiger partial charge >= 0.3 is 7.12 Å². The molecule has 160 valence electrons. The lowest BCUT2D eigenvalue weighted by Gasteiger charge is -2.24. The summed E-state index contributed by atoms with van der Waals surface area (Å²) in [5, 5.41) is 31.7. The van der Waals surface area contributed by atoms with Crippen molar-refractivity contribution in [2.75, 3.05) is 0 Å². The maximum Gasteiger partial charge on any atom is 0.475 e. The maximum atomic E-state index is 12.8. The van der Waals surface area contributed by atoms with Gasteiger partial charge in [-0.1, -0.05) is 50.2 Å². The molecule has 1 aromatic heterocycles. The van der Waals surface area contributed by atoms with Crippen LogP contribution < -0.4 is 5.32 Å². The monoisotopic (exact) mass is 412 g/mol. The van der Waals surface area contributed by atoms with Crippen molar-refractivity contribution in [3.63, 3.8) is 0 Å². The Morgan fingerprint density at radius 2 is 1.70 bits per heavy atom. The predicted octanol–water partition coefficient (Wildman–Crippen LogP) is 1.86. The third-order valence-electron chi connectivity index (χ3n) is 4.84. The molecule has 0 saturated carbocycles. The van der Waals surface area contributed by atoms with Gasteiger partial charge in [-0.15, -0.1) is 0 Å². The number of pyridine rings is 1. The molecule has 4 N–H and O–H groups in total. The quantitative estimate of drug-likeness (QED) is 0.349. The highest BCUT2D eigenvalue weighted by atomic mass is 16.4. The molecule has 0 aliphatic carbocycles. The third kappa shape index (κ3) is 6.76. The Hall–Kier alpha value is -2.55. The van der Waals surface area contributed by atoms with Gasteiger partial charge in [0.1, 0.15) is 5.69 Å². The van der Waals surface area contributed by atoms with E-state index >= 15 is 0 Å². The molecule has 2 rings (SSSR count). The molecule has 1 amide bonds. The maximum absolute atomic E-state index is 12.8. The normalized spacial score (nSPS) is 14.1. The first-order valence-electron chi connectivity index (χ1n) is 10.1. The molecular weight excluding hydrogens is 383 g/mol. The number of aliphatic hydroxyl groups is 1. The molecule has 2 aromatic rings. The van der Waals surface area contributed by atoms with E-state index in [1.807, 2.05) is 44.2 Å². The zero-order valence-corrected chi connectivity index (χ0v) is 17.5. The fourth-order valence-corrected chi connectivity index (χ4v) is 3.20. The third-order valence-corrected chi connectivity index (χ3v) is 4.84. The van der Waals surface area contributed by atoms with E-state index in [-0.39, 0.29) is 23.8 Å². The Balaban J connectivity index is 2.14. The molecule has 30 heavy (non-hydrogen) atoms. The largest absolute Gasteiger partial charge is 0.475 e. The van der Waals surface area contributed by atoms with Gasteiger partial charge in [-0.3, -0.25) is 9.59 Å². The van der Waals surface area contributed by atoms with Crippen molar-refractivity contribution >= 4 is 18.8 Å². The SMILES string of the molecule is CC(C)C[C@H](NC(=O)[C@@H](CC(=O)c1cccc(-c2ccccc2)n1)[C@H](C)O)B(O)O. The van der Waals surface area contributed by atoms with Crippen molar-refractivity contribution in [1.29, 1.82) is 0 Å². The van der Waals surface area contributed by atoms with Crippen molar-refractivity contribution in [2.45, 2.75) is 45.7 Å². The Morgan fingerprint density at radius 3 is 2.27 bits per heavy atom. The Morgan fingerprint density at radius 1 is 1.03 bits per heavy atom. The van der Waals surface area contributed by atoms with Gasteiger partial charge < -0.3 is 20.5 Å². The van der Waals surface area contributed by atoms with E-state index in [2.05, 4.69) is 10.3 Å². The summed E-state index contributed by atoms with van der Waals surface area (Å²) in [7, 11) is -1.73. The minimum atomic E-state index is -1.73. The fraction of sp³-hybridized carbons (Fsp3) is 0.409. The first kappa shape index (κ1) is 23.7. The van der Waals surface area contributed by atoms with Crippen LogP contribution in [0.4, 0.5) is 0 Å². The minimum absolute atomic E-state index is 0.119. The summed E-state index contributed by atoms with van der Waals surface area (Å²) in [6.45, 7) is 5.21. The molecule has 0 bridgehead atoms. The summed E-state index contributed by atoms with van der Waals surface area (Å²) >= 11 is 0. The van der Waals surface area contributed by atoms with Crippen molar-refractivity contribution in [1.82, 2.24) is 10.3 Å². The van der Waals surface area contributed by atoms with Gasteiger partial charge in [-0.2, -0.15) is 0 Å². The highest BCUT2D eigenvalue weighted by Gasteiger charge is 2.32. The van der Waals surface area contributed by atoms with Crippen molar-refractivity contribution in [3.8, 4) is 11.3 Å². The molecule has 7 nitrogen and oxygen atoms in total. The van der Waals surface area contributed by atoms with E-state index in [1.165, 1.54) is 6.92 Å². The van der Waals surface area contributed by atoms with Crippen molar-refractivity contribution in [2.24, 2.45) is 11.8 Å². The van der Waals surface area contributed by atoms with E-state index < -0.39 is 31.0 Å². The van der Waals surface area contributed by atoms with E-state index in [9.17, 15) is 24.7 Å². The number of aromatic nitrogens is 1. The molecule has 0 radical (unpaired) electrons. The van der Waals surface area contributed by atoms with Gasteiger partial charge in [-0.25, -0.2) is 4.98 Å². The molecule has 0 unspecified atom stereocenters. The fourth-order valence-electron chi connectivity index (χ4n) is 3.20. The van der Waals surface area contributed by atoms with Gasteiger partial charge in [0, 0.05) is 12.0 Å². The number of hydrogen-bond acceptors (Lipinski definition) is 6. The van der Waals surface area contributed by atoms with Gasteiger partial charge in [-0.05, 0) is 31.4 Å². The van der Waals surface area contributed by atoms with Crippen LogP contribution in [-0.4, -0.2) is 51.0 Å². The van der Waals surface area contributed by atoms with E-state index in [0.29, 0.717) is 12.1 Å². The average molecular weight is 412 g/mol. The number of aliphatic hydroxyl groups excluding tert-OH is 1. The highest BCUT2D eigenvalue weighted by Crippen LogP contribution is 2.19. The second kappa shape index (κ2) is 11.0. The van der Waals surface area contributed by atoms with Crippen LogP contribution in [0.1, 0.15) is 44.1 Å². The number of nitrogens with one attached hydrogen (secondary N) is 1. The van der Waals surface area contributed by atoms with Gasteiger partial charge in [0.2, 0.25) is 5.91 Å². The number of rotatable bonds is 10. The second-order valence-electron chi connectivity index (χ2n) is 7.91.